The van der Waals surface area contributed by atoms with Crippen molar-refractivity contribution in [2.75, 3.05) is 11.5 Å². The Labute approximate surface area is 116 Å². The number of ether oxygens (including phenoxy) is 1. The Morgan fingerprint density at radius 1 is 0.882 bits per heavy atom. The lowest BCUT2D eigenvalue weighted by molar-refractivity contribution is 0.477. The maximum atomic E-state index is 5.81. The SMILES string of the molecule is Nc1ccc(Oc2ccccc2Br)c(Br)c1N. The second-order valence-corrected chi connectivity index (χ2v) is 5.06. The van der Waals surface area contributed by atoms with Crippen molar-refractivity contribution < 1.29 is 4.74 Å². The summed E-state index contributed by atoms with van der Waals surface area (Å²) in [5, 5.41) is 0. The van der Waals surface area contributed by atoms with Crippen LogP contribution in [-0.4, -0.2) is 0 Å². The first-order chi connectivity index (χ1) is 8.09. The molecule has 17 heavy (non-hydrogen) atoms. The monoisotopic (exact) mass is 356 g/mol. The number of anilines is 2. The van der Waals surface area contributed by atoms with Crippen molar-refractivity contribution in [1.29, 1.82) is 0 Å². The third kappa shape index (κ3) is 2.56. The molecule has 88 valence electrons. The van der Waals surface area contributed by atoms with Crippen LogP contribution in [0.5, 0.6) is 11.5 Å². The molecule has 2 aromatic carbocycles. The highest BCUT2D eigenvalue weighted by Crippen LogP contribution is 2.38. The highest BCUT2D eigenvalue weighted by atomic mass is 79.9. The second-order valence-electron chi connectivity index (χ2n) is 3.41. The molecule has 0 fully saturated rings. The molecule has 0 atom stereocenters. The Morgan fingerprint density at radius 3 is 2.29 bits per heavy atom. The molecule has 0 aromatic heterocycles. The molecule has 2 aromatic rings. The van der Waals surface area contributed by atoms with E-state index in [1.807, 2.05) is 24.3 Å². The summed E-state index contributed by atoms with van der Waals surface area (Å²) in [6.07, 6.45) is 0. The molecule has 0 heterocycles. The molecular weight excluding hydrogens is 348 g/mol. The van der Waals surface area contributed by atoms with Crippen LogP contribution >= 0.6 is 31.9 Å². The van der Waals surface area contributed by atoms with Gasteiger partial charge in [-0.15, -0.1) is 0 Å². The van der Waals surface area contributed by atoms with E-state index in [0.717, 1.165) is 10.2 Å². The van der Waals surface area contributed by atoms with E-state index in [4.69, 9.17) is 16.2 Å². The molecule has 0 bridgehead atoms. The van der Waals surface area contributed by atoms with Crippen LogP contribution in [0.25, 0.3) is 0 Å². The number of hydrogen-bond acceptors (Lipinski definition) is 3. The number of hydrogen-bond donors (Lipinski definition) is 2. The summed E-state index contributed by atoms with van der Waals surface area (Å²) in [5.74, 6) is 1.35. The second kappa shape index (κ2) is 4.98. The first-order valence-corrected chi connectivity index (χ1v) is 6.44. The number of nitrogens with two attached hydrogens (primary N) is 2. The highest BCUT2D eigenvalue weighted by molar-refractivity contribution is 9.11. The molecule has 2 rings (SSSR count). The van der Waals surface area contributed by atoms with Crippen molar-refractivity contribution >= 4 is 43.2 Å². The first kappa shape index (κ1) is 12.3. The van der Waals surface area contributed by atoms with Gasteiger partial charge in [0.1, 0.15) is 11.5 Å². The van der Waals surface area contributed by atoms with Crippen LogP contribution in [-0.2, 0) is 0 Å². The van der Waals surface area contributed by atoms with E-state index in [1.165, 1.54) is 0 Å². The summed E-state index contributed by atoms with van der Waals surface area (Å²) in [5.41, 5.74) is 12.5. The molecule has 0 amide bonds. The van der Waals surface area contributed by atoms with Crippen LogP contribution < -0.4 is 16.2 Å². The van der Waals surface area contributed by atoms with E-state index in [9.17, 15) is 0 Å². The van der Waals surface area contributed by atoms with E-state index < -0.39 is 0 Å². The summed E-state index contributed by atoms with van der Waals surface area (Å²) in [7, 11) is 0. The van der Waals surface area contributed by atoms with Gasteiger partial charge in [0.15, 0.2) is 0 Å². The molecule has 0 aliphatic rings. The maximum Gasteiger partial charge on any atom is 0.143 e. The van der Waals surface area contributed by atoms with Gasteiger partial charge in [-0.3, -0.25) is 0 Å². The van der Waals surface area contributed by atoms with E-state index in [2.05, 4.69) is 31.9 Å². The van der Waals surface area contributed by atoms with Gasteiger partial charge in [0, 0.05) is 0 Å². The quantitative estimate of drug-likeness (QED) is 0.793. The molecule has 0 spiro atoms. The molecule has 5 heteroatoms. The van der Waals surface area contributed by atoms with Gasteiger partial charge in [0.05, 0.1) is 20.3 Å². The fourth-order valence-corrected chi connectivity index (χ4v) is 2.12. The van der Waals surface area contributed by atoms with E-state index >= 15 is 0 Å². The number of nitrogen functional groups attached to an aromatic ring is 2. The van der Waals surface area contributed by atoms with Gasteiger partial charge in [-0.05, 0) is 56.1 Å². The Bertz CT molecular complexity index is 558. The minimum absolute atomic E-state index is 0.481. The third-order valence-corrected chi connectivity index (χ3v) is 3.71. The normalized spacial score (nSPS) is 10.2. The van der Waals surface area contributed by atoms with Gasteiger partial charge >= 0.3 is 0 Å². The van der Waals surface area contributed by atoms with Crippen molar-refractivity contribution in [2.24, 2.45) is 0 Å². The van der Waals surface area contributed by atoms with Crippen LogP contribution in [0.15, 0.2) is 45.3 Å². The summed E-state index contributed by atoms with van der Waals surface area (Å²) in [6.45, 7) is 0. The molecule has 4 N–H and O–H groups in total. The Balaban J connectivity index is 2.38. The van der Waals surface area contributed by atoms with Crippen LogP contribution in [0.1, 0.15) is 0 Å². The Hall–Kier alpha value is -1.20. The largest absolute Gasteiger partial charge is 0.455 e. The molecule has 0 saturated carbocycles. The summed E-state index contributed by atoms with van der Waals surface area (Å²) in [4.78, 5) is 0. The lowest BCUT2D eigenvalue weighted by atomic mass is 10.2. The maximum absolute atomic E-state index is 5.81. The topological polar surface area (TPSA) is 61.3 Å². The van der Waals surface area contributed by atoms with Crippen LogP contribution in [0.4, 0.5) is 11.4 Å². The molecule has 0 radical (unpaired) electrons. The standard InChI is InChI=1S/C12H10Br2N2O/c13-7-3-1-2-4-9(7)17-10-6-5-8(15)12(16)11(10)14/h1-6H,15-16H2. The van der Waals surface area contributed by atoms with Crippen molar-refractivity contribution in [1.82, 2.24) is 0 Å². The average Bonchev–Trinajstić information content (AvgIpc) is 2.32. The van der Waals surface area contributed by atoms with Gasteiger partial charge in [0.25, 0.3) is 0 Å². The van der Waals surface area contributed by atoms with Crippen LogP contribution in [0.3, 0.4) is 0 Å². The van der Waals surface area contributed by atoms with Crippen molar-refractivity contribution in [3.8, 4) is 11.5 Å². The molecule has 0 aliphatic carbocycles. The van der Waals surface area contributed by atoms with Crippen LogP contribution in [0.2, 0.25) is 0 Å². The highest BCUT2D eigenvalue weighted by Gasteiger charge is 2.09. The zero-order valence-corrected chi connectivity index (χ0v) is 12.0. The average molecular weight is 358 g/mol. The van der Waals surface area contributed by atoms with Crippen molar-refractivity contribution in [3.63, 3.8) is 0 Å². The van der Waals surface area contributed by atoms with Gasteiger partial charge in [-0.1, -0.05) is 12.1 Å². The fourth-order valence-electron chi connectivity index (χ4n) is 1.31. The van der Waals surface area contributed by atoms with Gasteiger partial charge in [0.2, 0.25) is 0 Å². The first-order valence-electron chi connectivity index (χ1n) is 4.85. The van der Waals surface area contributed by atoms with E-state index in [-0.39, 0.29) is 0 Å². The Kier molecular flexibility index (Phi) is 3.59. The van der Waals surface area contributed by atoms with Crippen molar-refractivity contribution in [3.05, 3.63) is 45.3 Å². The molecule has 0 saturated heterocycles. The van der Waals surface area contributed by atoms with E-state index in [1.54, 1.807) is 12.1 Å². The minimum atomic E-state index is 0.481. The van der Waals surface area contributed by atoms with Crippen molar-refractivity contribution in [2.45, 2.75) is 0 Å². The zero-order chi connectivity index (χ0) is 12.4. The molecule has 0 aliphatic heterocycles. The summed E-state index contributed by atoms with van der Waals surface area (Å²) < 4.78 is 7.28. The predicted molar refractivity (Wildman–Crippen MR) is 77.2 cm³/mol. The van der Waals surface area contributed by atoms with Gasteiger partial charge < -0.3 is 16.2 Å². The van der Waals surface area contributed by atoms with Gasteiger partial charge in [-0.25, -0.2) is 0 Å². The molecule has 0 unspecified atom stereocenters. The zero-order valence-electron chi connectivity index (χ0n) is 8.78. The third-order valence-electron chi connectivity index (χ3n) is 2.23. The summed E-state index contributed by atoms with van der Waals surface area (Å²) in [6, 6.07) is 11.1. The number of halogens is 2. The number of para-hydroxylation sites is 1. The number of rotatable bonds is 2. The lowest BCUT2D eigenvalue weighted by Gasteiger charge is -2.11. The van der Waals surface area contributed by atoms with Crippen LogP contribution in [0, 0.1) is 0 Å². The number of benzene rings is 2. The smallest absolute Gasteiger partial charge is 0.143 e. The summed E-state index contributed by atoms with van der Waals surface area (Å²) >= 11 is 6.78. The van der Waals surface area contributed by atoms with E-state index in [0.29, 0.717) is 21.6 Å². The van der Waals surface area contributed by atoms with Gasteiger partial charge in [-0.2, -0.15) is 0 Å². The minimum Gasteiger partial charge on any atom is -0.455 e. The lowest BCUT2D eigenvalue weighted by Crippen LogP contribution is -1.97. The Morgan fingerprint density at radius 2 is 1.59 bits per heavy atom. The fraction of sp³-hybridized carbons (Fsp3) is 0. The predicted octanol–water partition coefficient (Wildman–Crippen LogP) is 4.17. The molecule has 3 nitrogen and oxygen atoms in total. The molecular formula is C12H10Br2N2O.